The van der Waals surface area contributed by atoms with Gasteiger partial charge in [0.15, 0.2) is 0 Å². The highest BCUT2D eigenvalue weighted by Crippen LogP contribution is 2.29. The Morgan fingerprint density at radius 2 is 2.19 bits per heavy atom. The van der Waals surface area contributed by atoms with Gasteiger partial charge in [-0.2, -0.15) is 0 Å². The molecule has 21 heavy (non-hydrogen) atoms. The Morgan fingerprint density at radius 3 is 2.90 bits per heavy atom. The lowest BCUT2D eigenvalue weighted by atomic mass is 10.1. The van der Waals surface area contributed by atoms with E-state index in [1.807, 2.05) is 31.2 Å². The molecular formula is C16H21ClN2O2. The second-order valence-corrected chi connectivity index (χ2v) is 6.24. The molecule has 0 unspecified atom stereocenters. The van der Waals surface area contributed by atoms with E-state index in [1.165, 1.54) is 0 Å². The van der Waals surface area contributed by atoms with Crippen molar-refractivity contribution in [3.8, 4) is 0 Å². The second-order valence-electron chi connectivity index (χ2n) is 5.83. The molecule has 0 spiro atoms. The zero-order valence-electron chi connectivity index (χ0n) is 12.2. The van der Waals surface area contributed by atoms with Gasteiger partial charge in [0.1, 0.15) is 0 Å². The van der Waals surface area contributed by atoms with E-state index in [0.29, 0.717) is 19.2 Å². The molecule has 1 heterocycles. The molecule has 1 aliphatic carbocycles. The van der Waals surface area contributed by atoms with Crippen molar-refractivity contribution in [2.45, 2.75) is 38.0 Å². The van der Waals surface area contributed by atoms with Gasteiger partial charge < -0.3 is 10.1 Å². The van der Waals surface area contributed by atoms with Crippen molar-refractivity contribution in [1.82, 2.24) is 10.2 Å². The maximum absolute atomic E-state index is 12.2. The number of hydrogen-bond donors (Lipinski definition) is 1. The van der Waals surface area contributed by atoms with E-state index in [-0.39, 0.29) is 18.1 Å². The van der Waals surface area contributed by atoms with E-state index >= 15 is 0 Å². The molecule has 0 aromatic heterocycles. The van der Waals surface area contributed by atoms with Crippen LogP contribution < -0.4 is 5.32 Å². The second kappa shape index (κ2) is 6.34. The van der Waals surface area contributed by atoms with Gasteiger partial charge in [0.25, 0.3) is 0 Å². The molecule has 114 valence electrons. The summed E-state index contributed by atoms with van der Waals surface area (Å²) in [6, 6.07) is 8.03. The molecule has 1 saturated heterocycles. The molecule has 3 rings (SSSR count). The van der Waals surface area contributed by atoms with Crippen molar-refractivity contribution >= 4 is 17.5 Å². The summed E-state index contributed by atoms with van der Waals surface area (Å²) >= 11 is 6.25. The van der Waals surface area contributed by atoms with Crippen LogP contribution in [0.5, 0.6) is 0 Å². The van der Waals surface area contributed by atoms with Crippen LogP contribution in [0.2, 0.25) is 5.02 Å². The summed E-state index contributed by atoms with van der Waals surface area (Å²) in [7, 11) is 0. The minimum Gasteiger partial charge on any atom is -0.371 e. The number of carbonyl (C=O) groups excluding carboxylic acids is 1. The van der Waals surface area contributed by atoms with Crippen LogP contribution in [-0.4, -0.2) is 42.6 Å². The maximum Gasteiger partial charge on any atom is 0.237 e. The van der Waals surface area contributed by atoms with Crippen molar-refractivity contribution < 1.29 is 9.53 Å². The number of nitrogens with zero attached hydrogens (tertiary/aromatic N) is 1. The Hall–Kier alpha value is -1.10. The molecule has 1 aromatic carbocycles. The summed E-state index contributed by atoms with van der Waals surface area (Å²) in [4.78, 5) is 14.4. The lowest BCUT2D eigenvalue weighted by molar-refractivity contribution is -0.129. The first-order valence-corrected chi connectivity index (χ1v) is 7.93. The molecule has 1 N–H and O–H groups in total. The fraction of sp³-hybridized carbons (Fsp3) is 0.562. The molecule has 1 amide bonds. The third-order valence-electron chi connectivity index (χ3n) is 4.20. The van der Waals surface area contributed by atoms with E-state index in [0.717, 1.165) is 30.0 Å². The van der Waals surface area contributed by atoms with E-state index in [2.05, 4.69) is 10.2 Å². The number of ether oxygens (including phenoxy) is 1. The highest BCUT2D eigenvalue weighted by Gasteiger charge is 2.32. The van der Waals surface area contributed by atoms with Gasteiger partial charge in [-0.05, 0) is 25.8 Å². The molecule has 0 bridgehead atoms. The van der Waals surface area contributed by atoms with Gasteiger partial charge in [-0.25, -0.2) is 0 Å². The van der Waals surface area contributed by atoms with Crippen LogP contribution in [0, 0.1) is 0 Å². The number of rotatable bonds is 4. The maximum atomic E-state index is 12.2. The third kappa shape index (κ3) is 3.57. The van der Waals surface area contributed by atoms with Gasteiger partial charge in [0.05, 0.1) is 18.8 Å². The molecule has 1 saturated carbocycles. The quantitative estimate of drug-likeness (QED) is 0.928. The van der Waals surface area contributed by atoms with Crippen LogP contribution in [0.3, 0.4) is 0 Å². The van der Waals surface area contributed by atoms with E-state index in [9.17, 15) is 4.79 Å². The Labute approximate surface area is 130 Å². The normalized spacial score (nSPS) is 24.6. The molecule has 2 atom stereocenters. The van der Waals surface area contributed by atoms with Crippen molar-refractivity contribution in [2.24, 2.45) is 0 Å². The summed E-state index contributed by atoms with van der Waals surface area (Å²) in [5.41, 5.74) is 0.999. The van der Waals surface area contributed by atoms with Crippen LogP contribution in [0.25, 0.3) is 0 Å². The van der Waals surface area contributed by atoms with Crippen molar-refractivity contribution in [2.75, 3.05) is 19.7 Å². The third-order valence-corrected chi connectivity index (χ3v) is 4.55. The van der Waals surface area contributed by atoms with E-state index in [1.54, 1.807) is 0 Å². The number of morpholine rings is 1. The molecule has 5 heteroatoms. The fourth-order valence-corrected chi connectivity index (χ4v) is 2.92. The van der Waals surface area contributed by atoms with Crippen molar-refractivity contribution in [1.29, 1.82) is 0 Å². The number of hydrogen-bond acceptors (Lipinski definition) is 3. The predicted molar refractivity (Wildman–Crippen MR) is 82.3 cm³/mol. The molecule has 2 aliphatic rings. The lowest BCUT2D eigenvalue weighted by Crippen LogP contribution is -2.50. The summed E-state index contributed by atoms with van der Waals surface area (Å²) in [6.45, 7) is 4.06. The first-order chi connectivity index (χ1) is 10.1. The first kappa shape index (κ1) is 14.8. The van der Waals surface area contributed by atoms with Crippen molar-refractivity contribution in [3.05, 3.63) is 34.9 Å². The van der Waals surface area contributed by atoms with Gasteiger partial charge in [0.2, 0.25) is 5.91 Å². The van der Waals surface area contributed by atoms with Gasteiger partial charge >= 0.3 is 0 Å². The monoisotopic (exact) mass is 308 g/mol. The molecule has 4 nitrogen and oxygen atoms in total. The Bertz CT molecular complexity index is 519. The Balaban J connectivity index is 1.64. The minimum absolute atomic E-state index is 0.0661. The smallest absolute Gasteiger partial charge is 0.237 e. The molecule has 1 aliphatic heterocycles. The lowest BCUT2D eigenvalue weighted by Gasteiger charge is -2.36. The average Bonchev–Trinajstić information content (AvgIpc) is 3.31. The van der Waals surface area contributed by atoms with Crippen LogP contribution in [-0.2, 0) is 9.53 Å². The highest BCUT2D eigenvalue weighted by atomic mass is 35.5. The van der Waals surface area contributed by atoms with Crippen molar-refractivity contribution in [3.63, 3.8) is 0 Å². The zero-order chi connectivity index (χ0) is 14.8. The molecule has 0 radical (unpaired) electrons. The van der Waals surface area contributed by atoms with E-state index in [4.69, 9.17) is 16.3 Å². The summed E-state index contributed by atoms with van der Waals surface area (Å²) in [5.74, 6) is 0.123. The van der Waals surface area contributed by atoms with Gasteiger partial charge in [-0.15, -0.1) is 0 Å². The molecule has 1 aromatic rings. The number of amides is 1. The van der Waals surface area contributed by atoms with Gasteiger partial charge in [-0.3, -0.25) is 9.69 Å². The largest absolute Gasteiger partial charge is 0.371 e. The summed E-state index contributed by atoms with van der Waals surface area (Å²) < 4.78 is 5.84. The zero-order valence-corrected chi connectivity index (χ0v) is 13.0. The van der Waals surface area contributed by atoms with Crippen LogP contribution >= 0.6 is 11.6 Å². The number of nitrogens with one attached hydrogen (secondary N) is 1. The highest BCUT2D eigenvalue weighted by molar-refractivity contribution is 6.31. The van der Waals surface area contributed by atoms with Gasteiger partial charge in [0, 0.05) is 29.7 Å². The number of carbonyl (C=O) groups is 1. The average molecular weight is 309 g/mol. The van der Waals surface area contributed by atoms with E-state index < -0.39 is 0 Å². The minimum atomic E-state index is -0.125. The molecular weight excluding hydrogens is 288 g/mol. The topological polar surface area (TPSA) is 41.6 Å². The first-order valence-electron chi connectivity index (χ1n) is 7.55. The Kier molecular flexibility index (Phi) is 4.48. The summed E-state index contributed by atoms with van der Waals surface area (Å²) in [6.07, 6.45) is 2.16. The van der Waals surface area contributed by atoms with Gasteiger partial charge in [-0.1, -0.05) is 29.8 Å². The SMILES string of the molecule is C[C@@H](C(=O)NC1CC1)N1CCO[C@@H](c2ccccc2Cl)C1. The Morgan fingerprint density at radius 1 is 1.43 bits per heavy atom. The number of benzene rings is 1. The van der Waals surface area contributed by atoms with Crippen LogP contribution in [0.4, 0.5) is 0 Å². The predicted octanol–water partition coefficient (Wildman–Crippen LogP) is 2.38. The standard InChI is InChI=1S/C16H21ClN2O2/c1-11(16(20)18-12-6-7-12)19-8-9-21-15(10-19)13-4-2-3-5-14(13)17/h2-5,11-12,15H,6-10H2,1H3,(H,18,20)/t11-,15+/m0/s1. The summed E-state index contributed by atoms with van der Waals surface area (Å²) in [5, 5.41) is 3.79. The molecule has 2 fully saturated rings. The van der Waals surface area contributed by atoms with Crippen LogP contribution in [0.1, 0.15) is 31.4 Å². The fourth-order valence-electron chi connectivity index (χ4n) is 2.66. The number of halogens is 1. The van der Waals surface area contributed by atoms with Crippen LogP contribution in [0.15, 0.2) is 24.3 Å².